The summed E-state index contributed by atoms with van der Waals surface area (Å²) in [5, 5.41) is 20.7. The van der Waals surface area contributed by atoms with Gasteiger partial charge in [-0.3, -0.25) is 4.79 Å². The van der Waals surface area contributed by atoms with Crippen LogP contribution >= 0.6 is 0 Å². The van der Waals surface area contributed by atoms with Gasteiger partial charge in [-0.25, -0.2) is 9.48 Å². The van der Waals surface area contributed by atoms with E-state index in [0.717, 1.165) is 5.69 Å². The van der Waals surface area contributed by atoms with E-state index in [4.69, 9.17) is 14.2 Å². The Kier molecular flexibility index (Phi) is 8.26. The average Bonchev–Trinajstić information content (AvgIpc) is 3.52. The zero-order valence-corrected chi connectivity index (χ0v) is 20.9. The van der Waals surface area contributed by atoms with Gasteiger partial charge in [0, 0.05) is 50.8 Å². The van der Waals surface area contributed by atoms with Crippen molar-refractivity contribution in [2.45, 2.75) is 52.0 Å². The van der Waals surface area contributed by atoms with Crippen LogP contribution in [0.4, 0.5) is 10.5 Å². The Labute approximate surface area is 210 Å². The molecule has 12 heteroatoms. The fourth-order valence-corrected chi connectivity index (χ4v) is 4.29. The van der Waals surface area contributed by atoms with Crippen LogP contribution in [0.1, 0.15) is 32.4 Å². The molecule has 4 rings (SSSR count). The third kappa shape index (κ3) is 6.05. The fourth-order valence-electron chi connectivity index (χ4n) is 4.29. The van der Waals surface area contributed by atoms with Crippen molar-refractivity contribution in [1.29, 1.82) is 0 Å². The van der Waals surface area contributed by atoms with Crippen molar-refractivity contribution in [2.75, 3.05) is 38.9 Å². The number of rotatable bonds is 5. The van der Waals surface area contributed by atoms with E-state index in [2.05, 4.69) is 15.6 Å². The monoisotopic (exact) mass is 502 g/mol. The molecule has 12 nitrogen and oxygen atoms in total. The number of anilines is 1. The van der Waals surface area contributed by atoms with Crippen LogP contribution in [0, 0.1) is 5.92 Å². The predicted octanol–water partition coefficient (Wildman–Crippen LogP) is 1.70. The first-order valence-electron chi connectivity index (χ1n) is 12.2. The summed E-state index contributed by atoms with van der Waals surface area (Å²) in [6.45, 7) is 5.36. The molecule has 2 aliphatic heterocycles. The highest BCUT2D eigenvalue weighted by Gasteiger charge is 2.29. The Hall–Kier alpha value is -3.38. The van der Waals surface area contributed by atoms with Crippen molar-refractivity contribution in [3.63, 3.8) is 0 Å². The summed E-state index contributed by atoms with van der Waals surface area (Å²) in [5.41, 5.74) is 1.40. The standard InChI is InChI=1S/C24H34N6O6/c1-16-11-29(17(2)13-31)23(32)5-4-8-30-19(10-25-27-30)14-34-22(16)12-28(3)24(33)26-18-6-7-20-21(9-18)36-15-35-20/h6-7,9-10,16-17,22,31H,4-5,8,11-15H2,1-3H3,(H,26,33)/t16-,17-,22-/m1/s1. The van der Waals surface area contributed by atoms with Crippen LogP contribution in [0.25, 0.3) is 0 Å². The Morgan fingerprint density at radius 3 is 2.94 bits per heavy atom. The van der Waals surface area contributed by atoms with Crippen molar-refractivity contribution >= 4 is 17.6 Å². The minimum absolute atomic E-state index is 0.0294. The molecule has 0 saturated carbocycles. The molecule has 3 amide bonds. The number of aliphatic hydroxyl groups excluding tert-OH is 1. The smallest absolute Gasteiger partial charge is 0.321 e. The lowest BCUT2D eigenvalue weighted by Crippen LogP contribution is -2.48. The molecule has 0 saturated heterocycles. The van der Waals surface area contributed by atoms with E-state index in [1.165, 1.54) is 0 Å². The van der Waals surface area contributed by atoms with Crippen molar-refractivity contribution in [3.8, 4) is 11.5 Å². The molecule has 36 heavy (non-hydrogen) atoms. The van der Waals surface area contributed by atoms with Crippen LogP contribution in [0.5, 0.6) is 11.5 Å². The first kappa shape index (κ1) is 25.7. The van der Waals surface area contributed by atoms with Gasteiger partial charge in [0.1, 0.15) is 0 Å². The van der Waals surface area contributed by atoms with E-state index < -0.39 is 0 Å². The number of likely N-dealkylation sites (N-methyl/N-ethyl adjacent to an activating group) is 1. The van der Waals surface area contributed by atoms with E-state index in [9.17, 15) is 14.7 Å². The molecule has 0 unspecified atom stereocenters. The third-order valence-corrected chi connectivity index (χ3v) is 6.56. The number of benzene rings is 1. The number of fused-ring (bicyclic) bond motifs is 2. The second-order valence-corrected chi connectivity index (χ2v) is 9.34. The molecule has 196 valence electrons. The Balaban J connectivity index is 1.48. The largest absolute Gasteiger partial charge is 0.454 e. The normalized spacial score (nSPS) is 21.2. The first-order chi connectivity index (χ1) is 17.4. The maximum Gasteiger partial charge on any atom is 0.321 e. The van der Waals surface area contributed by atoms with Gasteiger partial charge in [0.05, 0.1) is 37.3 Å². The predicted molar refractivity (Wildman–Crippen MR) is 129 cm³/mol. The van der Waals surface area contributed by atoms with Crippen LogP contribution < -0.4 is 14.8 Å². The zero-order chi connectivity index (χ0) is 25.7. The summed E-state index contributed by atoms with van der Waals surface area (Å²) < 4.78 is 18.7. The van der Waals surface area contributed by atoms with Crippen LogP contribution in [-0.2, 0) is 22.7 Å². The maximum absolute atomic E-state index is 13.0. The fraction of sp³-hybridized carbons (Fsp3) is 0.583. The van der Waals surface area contributed by atoms with Gasteiger partial charge in [-0.15, -0.1) is 5.10 Å². The van der Waals surface area contributed by atoms with Gasteiger partial charge in [0.15, 0.2) is 11.5 Å². The second kappa shape index (κ2) is 11.6. The highest BCUT2D eigenvalue weighted by atomic mass is 16.7. The Bertz CT molecular complexity index is 1060. The SMILES string of the molecule is C[C@@H]1CN([C@H](C)CO)C(=O)CCCn2nncc2CO[C@@H]1CN(C)C(=O)Nc1ccc2c(c1)OCO2. The number of hydrogen-bond acceptors (Lipinski definition) is 8. The Morgan fingerprint density at radius 1 is 1.33 bits per heavy atom. The zero-order valence-electron chi connectivity index (χ0n) is 20.9. The molecule has 2 aromatic rings. The van der Waals surface area contributed by atoms with E-state index in [-0.39, 0.29) is 56.6 Å². The minimum Gasteiger partial charge on any atom is -0.454 e. The minimum atomic E-state index is -0.388. The summed E-state index contributed by atoms with van der Waals surface area (Å²) in [7, 11) is 1.69. The lowest BCUT2D eigenvalue weighted by molar-refractivity contribution is -0.136. The van der Waals surface area contributed by atoms with Crippen molar-refractivity contribution in [1.82, 2.24) is 24.8 Å². The van der Waals surface area contributed by atoms with Gasteiger partial charge in [0.25, 0.3) is 0 Å². The number of carbonyl (C=O) groups excluding carboxylic acids is 2. The summed E-state index contributed by atoms with van der Waals surface area (Å²) in [6, 6.07) is 4.59. The third-order valence-electron chi connectivity index (χ3n) is 6.56. The molecule has 1 aromatic heterocycles. The lowest BCUT2D eigenvalue weighted by Gasteiger charge is -2.35. The molecule has 3 atom stereocenters. The molecular formula is C24H34N6O6. The number of hydrogen-bond donors (Lipinski definition) is 2. The number of aromatic nitrogens is 3. The van der Waals surface area contributed by atoms with Gasteiger partial charge < -0.3 is 34.4 Å². The average molecular weight is 503 g/mol. The molecule has 0 aliphatic carbocycles. The molecule has 0 bridgehead atoms. The van der Waals surface area contributed by atoms with Crippen LogP contribution in [0.3, 0.4) is 0 Å². The first-order valence-corrected chi connectivity index (χ1v) is 12.2. The van der Waals surface area contributed by atoms with Gasteiger partial charge in [-0.2, -0.15) is 0 Å². The van der Waals surface area contributed by atoms with Gasteiger partial charge in [-0.1, -0.05) is 12.1 Å². The van der Waals surface area contributed by atoms with Crippen molar-refractivity contribution < 1.29 is 28.9 Å². The molecular weight excluding hydrogens is 468 g/mol. The van der Waals surface area contributed by atoms with E-state index in [1.54, 1.807) is 45.9 Å². The topological polar surface area (TPSA) is 131 Å². The van der Waals surface area contributed by atoms with Crippen LogP contribution in [-0.4, -0.2) is 87.5 Å². The number of nitrogens with one attached hydrogen (secondary N) is 1. The van der Waals surface area contributed by atoms with Gasteiger partial charge in [0.2, 0.25) is 12.7 Å². The lowest BCUT2D eigenvalue weighted by atomic mass is 10.0. The molecule has 3 heterocycles. The molecule has 1 aromatic carbocycles. The highest BCUT2D eigenvalue weighted by molar-refractivity contribution is 5.89. The molecule has 0 spiro atoms. The Morgan fingerprint density at radius 2 is 2.14 bits per heavy atom. The number of aryl methyl sites for hydroxylation is 1. The molecule has 0 fully saturated rings. The quantitative estimate of drug-likeness (QED) is 0.632. The van der Waals surface area contributed by atoms with E-state index in [1.807, 2.05) is 13.8 Å². The van der Waals surface area contributed by atoms with Gasteiger partial charge in [-0.05, 0) is 25.5 Å². The number of carbonyl (C=O) groups is 2. The maximum atomic E-state index is 13.0. The van der Waals surface area contributed by atoms with Crippen LogP contribution in [0.2, 0.25) is 0 Å². The molecule has 0 radical (unpaired) electrons. The van der Waals surface area contributed by atoms with Crippen LogP contribution in [0.15, 0.2) is 24.4 Å². The summed E-state index contributed by atoms with van der Waals surface area (Å²) in [4.78, 5) is 29.2. The van der Waals surface area contributed by atoms with E-state index in [0.29, 0.717) is 43.1 Å². The number of nitrogens with zero attached hydrogens (tertiary/aromatic N) is 5. The summed E-state index contributed by atoms with van der Waals surface area (Å²) >= 11 is 0. The summed E-state index contributed by atoms with van der Waals surface area (Å²) in [6.07, 6.45) is 2.23. The number of ether oxygens (including phenoxy) is 3. The number of amides is 3. The van der Waals surface area contributed by atoms with Crippen molar-refractivity contribution in [3.05, 3.63) is 30.1 Å². The summed E-state index contributed by atoms with van der Waals surface area (Å²) in [5.74, 6) is 1.08. The van der Waals surface area contributed by atoms with E-state index >= 15 is 0 Å². The number of urea groups is 1. The van der Waals surface area contributed by atoms with Gasteiger partial charge >= 0.3 is 6.03 Å². The van der Waals surface area contributed by atoms with Crippen molar-refractivity contribution in [2.24, 2.45) is 5.92 Å². The number of aliphatic hydroxyl groups is 1. The molecule has 2 aliphatic rings. The molecule has 2 N–H and O–H groups in total. The highest BCUT2D eigenvalue weighted by Crippen LogP contribution is 2.34. The second-order valence-electron chi connectivity index (χ2n) is 9.34.